The number of hydrogen-bond acceptors (Lipinski definition) is 3. The SMILES string of the molecule is CC(C)(C)c1ccc(OCc2cccc(C(=O)Nc3cnn(Cc4ccccc4)c3)c2)cc1. The normalized spacial score (nSPS) is 11.2. The number of amides is 1. The second kappa shape index (κ2) is 9.74. The summed E-state index contributed by atoms with van der Waals surface area (Å²) in [5, 5.41) is 7.26. The van der Waals surface area contributed by atoms with E-state index in [2.05, 4.69) is 43.3 Å². The maximum absolute atomic E-state index is 12.8. The Hall–Kier alpha value is -3.86. The minimum Gasteiger partial charge on any atom is -0.489 e. The van der Waals surface area contributed by atoms with Gasteiger partial charge in [0.15, 0.2) is 0 Å². The third-order valence-electron chi connectivity index (χ3n) is 5.39. The number of carbonyl (C=O) groups excluding carboxylic acids is 1. The van der Waals surface area contributed by atoms with Crippen molar-refractivity contribution >= 4 is 11.6 Å². The molecule has 4 rings (SSSR count). The number of anilines is 1. The summed E-state index contributed by atoms with van der Waals surface area (Å²) in [6, 6.07) is 25.7. The van der Waals surface area contributed by atoms with E-state index < -0.39 is 0 Å². The molecule has 0 aliphatic carbocycles. The molecule has 0 radical (unpaired) electrons. The van der Waals surface area contributed by atoms with E-state index in [1.165, 1.54) is 5.56 Å². The third kappa shape index (κ3) is 6.10. The molecule has 0 fully saturated rings. The van der Waals surface area contributed by atoms with Crippen LogP contribution in [0.3, 0.4) is 0 Å². The summed E-state index contributed by atoms with van der Waals surface area (Å²) in [6.45, 7) is 7.61. The zero-order chi connectivity index (χ0) is 23.3. The van der Waals surface area contributed by atoms with E-state index in [1.807, 2.05) is 66.9 Å². The number of carbonyl (C=O) groups is 1. The fourth-order valence-corrected chi connectivity index (χ4v) is 3.51. The van der Waals surface area contributed by atoms with Crippen molar-refractivity contribution in [1.29, 1.82) is 0 Å². The van der Waals surface area contributed by atoms with Gasteiger partial charge in [0, 0.05) is 11.8 Å². The first-order chi connectivity index (χ1) is 15.9. The Labute approximate surface area is 195 Å². The molecule has 5 heteroatoms. The average Bonchev–Trinajstić information content (AvgIpc) is 3.25. The standard InChI is InChI=1S/C28H29N3O2/c1-28(2,3)24-12-14-26(15-13-24)33-20-22-10-7-11-23(16-22)27(32)30-25-17-29-31(19-25)18-21-8-5-4-6-9-21/h4-17,19H,18,20H2,1-3H3,(H,30,32). The fraction of sp³-hybridized carbons (Fsp3) is 0.214. The van der Waals surface area contributed by atoms with Crippen LogP contribution in [0.2, 0.25) is 0 Å². The summed E-state index contributed by atoms with van der Waals surface area (Å²) in [6.07, 6.45) is 3.49. The van der Waals surface area contributed by atoms with Gasteiger partial charge >= 0.3 is 0 Å². The van der Waals surface area contributed by atoms with Crippen molar-refractivity contribution in [3.8, 4) is 5.75 Å². The molecule has 1 aromatic heterocycles. The van der Waals surface area contributed by atoms with Gasteiger partial charge < -0.3 is 10.1 Å². The minimum absolute atomic E-state index is 0.109. The second-order valence-corrected chi connectivity index (χ2v) is 9.13. The van der Waals surface area contributed by atoms with Crippen LogP contribution in [0, 0.1) is 0 Å². The van der Waals surface area contributed by atoms with Gasteiger partial charge in [-0.15, -0.1) is 0 Å². The molecule has 1 amide bonds. The smallest absolute Gasteiger partial charge is 0.255 e. The minimum atomic E-state index is -0.175. The van der Waals surface area contributed by atoms with E-state index in [0.29, 0.717) is 24.4 Å². The van der Waals surface area contributed by atoms with Gasteiger partial charge in [0.1, 0.15) is 12.4 Å². The van der Waals surface area contributed by atoms with Gasteiger partial charge in [-0.2, -0.15) is 5.10 Å². The number of aromatic nitrogens is 2. The van der Waals surface area contributed by atoms with E-state index in [1.54, 1.807) is 16.9 Å². The molecule has 1 N–H and O–H groups in total. The van der Waals surface area contributed by atoms with Crippen molar-refractivity contribution < 1.29 is 9.53 Å². The van der Waals surface area contributed by atoms with E-state index in [-0.39, 0.29) is 11.3 Å². The van der Waals surface area contributed by atoms with E-state index in [4.69, 9.17) is 4.74 Å². The lowest BCUT2D eigenvalue weighted by Gasteiger charge is -2.19. The molecular formula is C28H29N3O2. The van der Waals surface area contributed by atoms with Gasteiger partial charge in [-0.05, 0) is 46.4 Å². The lowest BCUT2D eigenvalue weighted by atomic mass is 9.87. The highest BCUT2D eigenvalue weighted by Crippen LogP contribution is 2.24. The quantitative estimate of drug-likeness (QED) is 0.381. The first-order valence-corrected chi connectivity index (χ1v) is 11.1. The second-order valence-electron chi connectivity index (χ2n) is 9.13. The van der Waals surface area contributed by atoms with Crippen LogP contribution in [-0.4, -0.2) is 15.7 Å². The molecule has 4 aromatic rings. The molecule has 0 spiro atoms. The highest BCUT2D eigenvalue weighted by atomic mass is 16.5. The van der Waals surface area contributed by atoms with Crippen molar-refractivity contribution in [3.63, 3.8) is 0 Å². The molecule has 0 unspecified atom stereocenters. The Morgan fingerprint density at radius 1 is 0.939 bits per heavy atom. The number of hydrogen-bond donors (Lipinski definition) is 1. The molecule has 3 aromatic carbocycles. The maximum atomic E-state index is 12.8. The number of benzene rings is 3. The molecule has 168 valence electrons. The molecule has 0 bridgehead atoms. The zero-order valence-corrected chi connectivity index (χ0v) is 19.3. The zero-order valence-electron chi connectivity index (χ0n) is 19.3. The Morgan fingerprint density at radius 3 is 2.39 bits per heavy atom. The summed E-state index contributed by atoms with van der Waals surface area (Å²) in [5.41, 5.74) is 4.70. The van der Waals surface area contributed by atoms with Crippen molar-refractivity contribution in [2.75, 3.05) is 5.32 Å². The van der Waals surface area contributed by atoms with Crippen molar-refractivity contribution in [2.45, 2.75) is 39.3 Å². The number of nitrogens with one attached hydrogen (secondary N) is 1. The van der Waals surface area contributed by atoms with Crippen LogP contribution in [-0.2, 0) is 18.6 Å². The Kier molecular flexibility index (Phi) is 6.59. The lowest BCUT2D eigenvalue weighted by Crippen LogP contribution is -2.12. The molecule has 0 aliphatic heterocycles. The summed E-state index contributed by atoms with van der Waals surface area (Å²) in [4.78, 5) is 12.8. The summed E-state index contributed by atoms with van der Waals surface area (Å²) >= 11 is 0. The Bertz CT molecular complexity index is 1210. The van der Waals surface area contributed by atoms with E-state index in [0.717, 1.165) is 16.9 Å². The van der Waals surface area contributed by atoms with Gasteiger partial charge in [-0.25, -0.2) is 0 Å². The molecule has 0 atom stereocenters. The van der Waals surface area contributed by atoms with Gasteiger partial charge in [-0.1, -0.05) is 75.4 Å². The topological polar surface area (TPSA) is 56.1 Å². The van der Waals surface area contributed by atoms with Crippen LogP contribution in [0.5, 0.6) is 5.75 Å². The first-order valence-electron chi connectivity index (χ1n) is 11.1. The van der Waals surface area contributed by atoms with Crippen LogP contribution in [0.15, 0.2) is 91.3 Å². The van der Waals surface area contributed by atoms with Gasteiger partial charge in [-0.3, -0.25) is 9.48 Å². The van der Waals surface area contributed by atoms with Crippen molar-refractivity contribution in [2.24, 2.45) is 0 Å². The molecule has 0 saturated carbocycles. The van der Waals surface area contributed by atoms with Crippen molar-refractivity contribution in [1.82, 2.24) is 9.78 Å². The Morgan fingerprint density at radius 2 is 1.67 bits per heavy atom. The van der Waals surface area contributed by atoms with Crippen LogP contribution in [0.1, 0.15) is 47.8 Å². The average molecular weight is 440 g/mol. The molecule has 33 heavy (non-hydrogen) atoms. The number of ether oxygens (including phenoxy) is 1. The van der Waals surface area contributed by atoms with Crippen LogP contribution in [0.25, 0.3) is 0 Å². The van der Waals surface area contributed by atoms with E-state index in [9.17, 15) is 4.79 Å². The van der Waals surface area contributed by atoms with Crippen LogP contribution >= 0.6 is 0 Å². The third-order valence-corrected chi connectivity index (χ3v) is 5.39. The fourth-order valence-electron chi connectivity index (χ4n) is 3.51. The predicted molar refractivity (Wildman–Crippen MR) is 132 cm³/mol. The number of rotatable bonds is 7. The van der Waals surface area contributed by atoms with E-state index >= 15 is 0 Å². The van der Waals surface area contributed by atoms with Crippen LogP contribution in [0.4, 0.5) is 5.69 Å². The van der Waals surface area contributed by atoms with Crippen molar-refractivity contribution in [3.05, 3.63) is 114 Å². The summed E-state index contributed by atoms with van der Waals surface area (Å²) in [5.74, 6) is 0.634. The highest BCUT2D eigenvalue weighted by molar-refractivity contribution is 6.04. The number of nitrogens with zero attached hydrogens (tertiary/aromatic N) is 2. The lowest BCUT2D eigenvalue weighted by molar-refractivity contribution is 0.102. The summed E-state index contributed by atoms with van der Waals surface area (Å²) in [7, 11) is 0. The summed E-state index contributed by atoms with van der Waals surface area (Å²) < 4.78 is 7.73. The highest BCUT2D eigenvalue weighted by Gasteiger charge is 2.13. The molecule has 5 nitrogen and oxygen atoms in total. The Balaban J connectivity index is 1.35. The van der Waals surface area contributed by atoms with Gasteiger partial charge in [0.2, 0.25) is 0 Å². The predicted octanol–water partition coefficient (Wildman–Crippen LogP) is 6.06. The van der Waals surface area contributed by atoms with Gasteiger partial charge in [0.05, 0.1) is 18.4 Å². The first kappa shape index (κ1) is 22.3. The molecule has 1 heterocycles. The molecule has 0 saturated heterocycles. The molecular weight excluding hydrogens is 410 g/mol. The van der Waals surface area contributed by atoms with Gasteiger partial charge in [0.25, 0.3) is 5.91 Å². The largest absolute Gasteiger partial charge is 0.489 e. The molecule has 0 aliphatic rings. The maximum Gasteiger partial charge on any atom is 0.255 e. The van der Waals surface area contributed by atoms with Crippen LogP contribution < -0.4 is 10.1 Å². The monoisotopic (exact) mass is 439 g/mol.